The van der Waals surface area contributed by atoms with Crippen molar-refractivity contribution in [3.05, 3.63) is 77.6 Å². The molecule has 160 valence electrons. The van der Waals surface area contributed by atoms with Gasteiger partial charge in [-0.2, -0.15) is 0 Å². The lowest BCUT2D eigenvalue weighted by Gasteiger charge is -2.09. The SMILES string of the molecule is COC(=O)c1cccc(Nc2cc(Oc3sc(C4CC4)nc3-c3ccccc3)ccn2)n1. The fourth-order valence-electron chi connectivity index (χ4n) is 3.18. The maximum Gasteiger partial charge on any atom is 0.356 e. The molecule has 1 aliphatic rings. The second-order valence-electron chi connectivity index (χ2n) is 7.33. The van der Waals surface area contributed by atoms with Crippen LogP contribution in [-0.2, 0) is 4.74 Å². The summed E-state index contributed by atoms with van der Waals surface area (Å²) in [6.45, 7) is 0. The maximum absolute atomic E-state index is 11.7. The molecule has 8 heteroatoms. The van der Waals surface area contributed by atoms with Crippen LogP contribution in [0.1, 0.15) is 34.3 Å². The molecule has 1 aromatic carbocycles. The summed E-state index contributed by atoms with van der Waals surface area (Å²) in [7, 11) is 1.32. The molecule has 1 saturated carbocycles. The summed E-state index contributed by atoms with van der Waals surface area (Å²) in [6, 6.07) is 18.7. The highest BCUT2D eigenvalue weighted by Gasteiger charge is 2.29. The summed E-state index contributed by atoms with van der Waals surface area (Å²) in [5.41, 5.74) is 2.10. The lowest BCUT2D eigenvalue weighted by molar-refractivity contribution is 0.0594. The maximum atomic E-state index is 11.7. The summed E-state index contributed by atoms with van der Waals surface area (Å²) in [4.78, 5) is 25.2. The molecule has 3 aromatic heterocycles. The minimum Gasteiger partial charge on any atom is -0.464 e. The molecular weight excluding hydrogens is 424 g/mol. The van der Waals surface area contributed by atoms with Crippen molar-refractivity contribution < 1.29 is 14.3 Å². The second-order valence-corrected chi connectivity index (χ2v) is 8.33. The minimum absolute atomic E-state index is 0.217. The van der Waals surface area contributed by atoms with Gasteiger partial charge in [0, 0.05) is 23.7 Å². The van der Waals surface area contributed by atoms with E-state index in [1.54, 1.807) is 47.9 Å². The predicted octanol–water partition coefficient (Wildman–Crippen LogP) is 5.80. The predicted molar refractivity (Wildman–Crippen MR) is 123 cm³/mol. The number of pyridine rings is 2. The normalized spacial score (nSPS) is 12.9. The molecule has 7 nitrogen and oxygen atoms in total. The Hall–Kier alpha value is -3.78. The Bertz CT molecular complexity index is 1260. The highest BCUT2D eigenvalue weighted by molar-refractivity contribution is 7.14. The fourth-order valence-corrected chi connectivity index (χ4v) is 4.31. The van der Waals surface area contributed by atoms with Crippen LogP contribution in [0.2, 0.25) is 0 Å². The zero-order valence-electron chi connectivity index (χ0n) is 17.3. The van der Waals surface area contributed by atoms with E-state index in [1.165, 1.54) is 20.0 Å². The van der Waals surface area contributed by atoms with Crippen molar-refractivity contribution >= 4 is 28.9 Å². The number of thiazole rings is 1. The molecule has 1 fully saturated rings. The summed E-state index contributed by atoms with van der Waals surface area (Å²) < 4.78 is 11.0. The standard InChI is InChI=1S/C24H20N4O3S/c1-30-23(29)18-8-5-9-19(26-18)27-20-14-17(12-13-25-20)31-24-21(15-6-3-2-4-7-15)28-22(32-24)16-10-11-16/h2-9,12-14,16H,10-11H2,1H3,(H,25,26,27). The van der Waals surface area contributed by atoms with Gasteiger partial charge in [0.2, 0.25) is 5.06 Å². The number of ether oxygens (including phenoxy) is 2. The Balaban J connectivity index is 1.40. The highest BCUT2D eigenvalue weighted by Crippen LogP contribution is 2.48. The van der Waals surface area contributed by atoms with Crippen LogP contribution in [0.25, 0.3) is 11.3 Å². The van der Waals surface area contributed by atoms with Crippen LogP contribution in [-0.4, -0.2) is 28.0 Å². The smallest absolute Gasteiger partial charge is 0.356 e. The van der Waals surface area contributed by atoms with Crippen LogP contribution in [0.5, 0.6) is 10.8 Å². The number of esters is 1. The third-order valence-corrected chi connectivity index (χ3v) is 6.02. The van der Waals surface area contributed by atoms with E-state index >= 15 is 0 Å². The number of carbonyl (C=O) groups is 1. The van der Waals surface area contributed by atoms with Crippen molar-refractivity contribution in [2.45, 2.75) is 18.8 Å². The van der Waals surface area contributed by atoms with Gasteiger partial charge in [-0.1, -0.05) is 47.7 Å². The minimum atomic E-state index is -0.496. The molecule has 0 saturated heterocycles. The molecule has 5 rings (SSSR count). The first-order chi connectivity index (χ1) is 15.7. The Morgan fingerprint density at radius 1 is 1.03 bits per heavy atom. The number of nitrogens with zero attached hydrogens (tertiary/aromatic N) is 3. The van der Waals surface area contributed by atoms with E-state index in [4.69, 9.17) is 14.5 Å². The number of hydrogen-bond acceptors (Lipinski definition) is 8. The van der Waals surface area contributed by atoms with Crippen LogP contribution in [0.3, 0.4) is 0 Å². The Labute approximate surface area is 189 Å². The molecule has 1 aliphatic carbocycles. The van der Waals surface area contributed by atoms with E-state index in [2.05, 4.69) is 15.3 Å². The number of aromatic nitrogens is 3. The molecule has 0 bridgehead atoms. The molecular formula is C24H20N4O3S. The summed E-state index contributed by atoms with van der Waals surface area (Å²) in [6.07, 6.45) is 4.02. The van der Waals surface area contributed by atoms with Gasteiger partial charge in [0.25, 0.3) is 0 Å². The van der Waals surface area contributed by atoms with E-state index in [0.29, 0.717) is 23.3 Å². The summed E-state index contributed by atoms with van der Waals surface area (Å²) in [5, 5.41) is 4.99. The van der Waals surface area contributed by atoms with Crippen LogP contribution in [0, 0.1) is 0 Å². The van der Waals surface area contributed by atoms with E-state index in [9.17, 15) is 4.79 Å². The molecule has 32 heavy (non-hydrogen) atoms. The van der Waals surface area contributed by atoms with Gasteiger partial charge in [-0.3, -0.25) is 0 Å². The first kappa shape index (κ1) is 20.1. The zero-order valence-corrected chi connectivity index (χ0v) is 18.1. The fraction of sp³-hybridized carbons (Fsp3) is 0.167. The van der Waals surface area contributed by atoms with E-state index < -0.39 is 5.97 Å². The molecule has 0 aliphatic heterocycles. The lowest BCUT2D eigenvalue weighted by Crippen LogP contribution is -2.06. The topological polar surface area (TPSA) is 86.2 Å². The third-order valence-electron chi connectivity index (χ3n) is 4.93. The number of nitrogens with one attached hydrogen (secondary N) is 1. The van der Waals surface area contributed by atoms with Gasteiger partial charge in [-0.05, 0) is 31.0 Å². The Morgan fingerprint density at radius 3 is 2.66 bits per heavy atom. The highest BCUT2D eigenvalue weighted by atomic mass is 32.1. The molecule has 3 heterocycles. The van der Waals surface area contributed by atoms with E-state index in [0.717, 1.165) is 21.3 Å². The molecule has 0 radical (unpaired) electrons. The molecule has 1 N–H and O–H groups in total. The van der Waals surface area contributed by atoms with Gasteiger partial charge >= 0.3 is 5.97 Å². The van der Waals surface area contributed by atoms with Crippen LogP contribution < -0.4 is 10.1 Å². The average molecular weight is 445 g/mol. The van der Waals surface area contributed by atoms with Crippen molar-refractivity contribution in [1.82, 2.24) is 15.0 Å². The van der Waals surface area contributed by atoms with Crippen LogP contribution in [0.4, 0.5) is 11.6 Å². The lowest BCUT2D eigenvalue weighted by atomic mass is 10.2. The quantitative estimate of drug-likeness (QED) is 0.361. The van der Waals surface area contributed by atoms with Gasteiger partial charge in [-0.25, -0.2) is 19.7 Å². The van der Waals surface area contributed by atoms with Crippen molar-refractivity contribution in [2.75, 3.05) is 12.4 Å². The second kappa shape index (κ2) is 8.76. The van der Waals surface area contributed by atoms with Crippen LogP contribution in [0.15, 0.2) is 66.9 Å². The van der Waals surface area contributed by atoms with Gasteiger partial charge in [0.1, 0.15) is 28.1 Å². The van der Waals surface area contributed by atoms with E-state index in [-0.39, 0.29) is 5.69 Å². The Kier molecular flexibility index (Phi) is 5.51. The number of hydrogen-bond donors (Lipinski definition) is 1. The van der Waals surface area contributed by atoms with Crippen molar-refractivity contribution in [1.29, 1.82) is 0 Å². The number of benzene rings is 1. The summed E-state index contributed by atoms with van der Waals surface area (Å²) >= 11 is 1.60. The molecule has 4 aromatic rings. The van der Waals surface area contributed by atoms with E-state index in [1.807, 2.05) is 30.3 Å². The molecule has 0 unspecified atom stereocenters. The number of anilines is 2. The first-order valence-corrected chi connectivity index (χ1v) is 11.0. The summed E-state index contributed by atoms with van der Waals surface area (Å²) in [5.74, 6) is 1.71. The van der Waals surface area contributed by atoms with Gasteiger partial charge in [0.05, 0.1) is 7.11 Å². The van der Waals surface area contributed by atoms with Gasteiger partial charge in [-0.15, -0.1) is 0 Å². The average Bonchev–Trinajstić information content (AvgIpc) is 3.60. The first-order valence-electron chi connectivity index (χ1n) is 10.2. The zero-order chi connectivity index (χ0) is 21.9. The van der Waals surface area contributed by atoms with Gasteiger partial charge in [0.15, 0.2) is 5.69 Å². The molecule has 0 spiro atoms. The molecule has 0 amide bonds. The van der Waals surface area contributed by atoms with Gasteiger partial charge < -0.3 is 14.8 Å². The monoisotopic (exact) mass is 444 g/mol. The Morgan fingerprint density at radius 2 is 1.88 bits per heavy atom. The number of rotatable bonds is 7. The van der Waals surface area contributed by atoms with Crippen molar-refractivity contribution in [3.63, 3.8) is 0 Å². The largest absolute Gasteiger partial charge is 0.464 e. The third kappa shape index (κ3) is 4.45. The van der Waals surface area contributed by atoms with Crippen molar-refractivity contribution in [3.8, 4) is 22.1 Å². The van der Waals surface area contributed by atoms with Crippen molar-refractivity contribution in [2.24, 2.45) is 0 Å². The number of carbonyl (C=O) groups excluding carboxylic acids is 1. The van der Waals surface area contributed by atoms with Crippen LogP contribution >= 0.6 is 11.3 Å². The molecule has 0 atom stereocenters. The number of methoxy groups -OCH3 is 1.